The number of halogens is 1. The first-order chi connectivity index (χ1) is 14.3. The summed E-state index contributed by atoms with van der Waals surface area (Å²) in [5.74, 6) is -0.866. The molecule has 3 rings (SSSR count). The molecule has 7 nitrogen and oxygen atoms in total. The number of rotatable bonds is 8. The van der Waals surface area contributed by atoms with Gasteiger partial charge in [0.15, 0.2) is 0 Å². The van der Waals surface area contributed by atoms with Crippen molar-refractivity contribution < 1.29 is 22.4 Å². The van der Waals surface area contributed by atoms with Gasteiger partial charge in [0, 0.05) is 37.3 Å². The number of sulfonamides is 1. The summed E-state index contributed by atoms with van der Waals surface area (Å²) in [5, 5.41) is 2.77. The lowest BCUT2D eigenvalue weighted by atomic mass is 10.2. The van der Waals surface area contributed by atoms with Gasteiger partial charge in [0.2, 0.25) is 21.8 Å². The van der Waals surface area contributed by atoms with Gasteiger partial charge in [0.25, 0.3) is 0 Å². The van der Waals surface area contributed by atoms with Crippen molar-refractivity contribution in [2.75, 3.05) is 33.9 Å². The van der Waals surface area contributed by atoms with E-state index in [4.69, 9.17) is 0 Å². The molecule has 0 radical (unpaired) electrons. The van der Waals surface area contributed by atoms with Crippen LogP contribution in [0, 0.1) is 5.82 Å². The summed E-state index contributed by atoms with van der Waals surface area (Å²) in [5.41, 5.74) is 1.26. The first kappa shape index (κ1) is 21.8. The van der Waals surface area contributed by atoms with Crippen LogP contribution < -0.4 is 14.5 Å². The maximum absolute atomic E-state index is 14.0. The van der Waals surface area contributed by atoms with Gasteiger partial charge in [-0.25, -0.2) is 12.8 Å². The van der Waals surface area contributed by atoms with E-state index >= 15 is 0 Å². The summed E-state index contributed by atoms with van der Waals surface area (Å²) in [6.45, 7) is 0.642. The zero-order valence-electron chi connectivity index (χ0n) is 16.7. The second-order valence-corrected chi connectivity index (χ2v) is 9.04. The van der Waals surface area contributed by atoms with Crippen LogP contribution in [0.2, 0.25) is 0 Å². The van der Waals surface area contributed by atoms with Crippen molar-refractivity contribution in [3.63, 3.8) is 0 Å². The van der Waals surface area contributed by atoms with Crippen molar-refractivity contribution in [2.24, 2.45) is 0 Å². The average Bonchev–Trinajstić information content (AvgIpc) is 3.11. The Kier molecular flexibility index (Phi) is 6.71. The Labute approximate surface area is 175 Å². The second-order valence-electron chi connectivity index (χ2n) is 7.14. The number of nitrogens with zero attached hydrogens (tertiary/aromatic N) is 2. The van der Waals surface area contributed by atoms with E-state index in [-0.39, 0.29) is 36.9 Å². The second kappa shape index (κ2) is 9.25. The van der Waals surface area contributed by atoms with Gasteiger partial charge in [0.1, 0.15) is 5.82 Å². The third-order valence-electron chi connectivity index (χ3n) is 4.80. The number of carbonyl (C=O) groups excluding carboxylic acids is 2. The molecule has 0 atom stereocenters. The smallest absolute Gasteiger partial charge is 0.232 e. The van der Waals surface area contributed by atoms with E-state index in [0.29, 0.717) is 18.7 Å². The minimum atomic E-state index is -3.69. The molecule has 2 aromatic rings. The van der Waals surface area contributed by atoms with Crippen molar-refractivity contribution in [3.8, 4) is 0 Å². The SMILES string of the molecule is CS(=O)(=O)N(CCCC(=O)Nc1cccc(N2CCCC2=O)c1)c1ccccc1F. The molecule has 0 saturated carbocycles. The van der Waals surface area contributed by atoms with Gasteiger partial charge in [-0.15, -0.1) is 0 Å². The Morgan fingerprint density at radius 1 is 1.20 bits per heavy atom. The standard InChI is InChI=1S/C21H24FN3O4S/c1-30(28,29)25(19-10-3-2-9-18(19)22)14-5-11-20(26)23-16-7-4-8-17(15-16)24-13-6-12-21(24)27/h2-4,7-10,15H,5-6,11-14H2,1H3,(H,23,26). The molecule has 2 amide bonds. The van der Waals surface area contributed by atoms with Crippen LogP contribution >= 0.6 is 0 Å². The summed E-state index contributed by atoms with van der Waals surface area (Å²) < 4.78 is 39.1. The fraction of sp³-hybridized carbons (Fsp3) is 0.333. The Balaban J connectivity index is 1.59. The highest BCUT2D eigenvalue weighted by Crippen LogP contribution is 2.25. The summed E-state index contributed by atoms with van der Waals surface area (Å²) in [4.78, 5) is 25.9. The monoisotopic (exact) mass is 433 g/mol. The van der Waals surface area contributed by atoms with Crippen LogP contribution in [-0.2, 0) is 19.6 Å². The number of hydrogen-bond acceptors (Lipinski definition) is 4. The molecule has 1 aliphatic rings. The number of anilines is 3. The normalized spacial score (nSPS) is 14.1. The summed E-state index contributed by atoms with van der Waals surface area (Å²) >= 11 is 0. The van der Waals surface area contributed by atoms with Gasteiger partial charge < -0.3 is 10.2 Å². The van der Waals surface area contributed by atoms with Crippen LogP contribution in [0.4, 0.5) is 21.5 Å². The molecular weight excluding hydrogens is 409 g/mol. The molecule has 0 bridgehead atoms. The van der Waals surface area contributed by atoms with E-state index in [1.165, 1.54) is 18.2 Å². The predicted octanol–water partition coefficient (Wildman–Crippen LogP) is 3.14. The molecule has 0 spiro atoms. The maximum atomic E-state index is 14.0. The molecule has 160 valence electrons. The molecule has 30 heavy (non-hydrogen) atoms. The van der Waals surface area contributed by atoms with E-state index in [1.807, 2.05) is 6.07 Å². The van der Waals surface area contributed by atoms with Crippen molar-refractivity contribution in [3.05, 3.63) is 54.3 Å². The van der Waals surface area contributed by atoms with Crippen LogP contribution in [0.15, 0.2) is 48.5 Å². The first-order valence-electron chi connectivity index (χ1n) is 9.68. The third-order valence-corrected chi connectivity index (χ3v) is 5.98. The lowest BCUT2D eigenvalue weighted by Crippen LogP contribution is -2.32. The zero-order chi connectivity index (χ0) is 21.7. The number of benzene rings is 2. The zero-order valence-corrected chi connectivity index (χ0v) is 17.5. The minimum Gasteiger partial charge on any atom is -0.326 e. The molecule has 1 heterocycles. The van der Waals surface area contributed by atoms with Crippen molar-refractivity contribution in [1.82, 2.24) is 0 Å². The van der Waals surface area contributed by atoms with E-state index in [9.17, 15) is 22.4 Å². The molecule has 9 heteroatoms. The summed E-state index contributed by atoms with van der Waals surface area (Å²) in [6, 6.07) is 12.7. The molecule has 1 N–H and O–H groups in total. The quantitative estimate of drug-likeness (QED) is 0.693. The Bertz CT molecular complexity index is 1040. The largest absolute Gasteiger partial charge is 0.326 e. The topological polar surface area (TPSA) is 86.8 Å². The number of amides is 2. The number of nitrogens with one attached hydrogen (secondary N) is 1. The molecule has 1 aliphatic heterocycles. The molecule has 0 aliphatic carbocycles. The van der Waals surface area contributed by atoms with Gasteiger partial charge >= 0.3 is 0 Å². The van der Waals surface area contributed by atoms with Crippen LogP contribution in [0.3, 0.4) is 0 Å². The van der Waals surface area contributed by atoms with Crippen molar-refractivity contribution >= 4 is 38.9 Å². The van der Waals surface area contributed by atoms with Crippen LogP contribution in [0.5, 0.6) is 0 Å². The summed E-state index contributed by atoms with van der Waals surface area (Å²) in [6.07, 6.45) is 2.62. The van der Waals surface area contributed by atoms with Gasteiger partial charge in [-0.05, 0) is 43.2 Å². The first-order valence-corrected chi connectivity index (χ1v) is 11.5. The van der Waals surface area contributed by atoms with E-state index in [1.54, 1.807) is 29.2 Å². The highest BCUT2D eigenvalue weighted by molar-refractivity contribution is 7.92. The Hall–Kier alpha value is -2.94. The number of para-hydroxylation sites is 1. The number of hydrogen-bond donors (Lipinski definition) is 1. The molecule has 2 aromatic carbocycles. The highest BCUT2D eigenvalue weighted by atomic mass is 32.2. The fourth-order valence-corrected chi connectivity index (χ4v) is 4.36. The minimum absolute atomic E-state index is 0.0183. The summed E-state index contributed by atoms with van der Waals surface area (Å²) in [7, 11) is -3.69. The van der Waals surface area contributed by atoms with Crippen LogP contribution in [0.1, 0.15) is 25.7 Å². The molecule has 1 fully saturated rings. The van der Waals surface area contributed by atoms with Crippen LogP contribution in [0.25, 0.3) is 0 Å². The van der Waals surface area contributed by atoms with Crippen LogP contribution in [-0.4, -0.2) is 39.6 Å². The average molecular weight is 434 g/mol. The Morgan fingerprint density at radius 3 is 2.63 bits per heavy atom. The van der Waals surface area contributed by atoms with E-state index in [0.717, 1.165) is 22.7 Å². The molecule has 0 aromatic heterocycles. The predicted molar refractivity (Wildman–Crippen MR) is 114 cm³/mol. The van der Waals surface area contributed by atoms with Crippen molar-refractivity contribution in [2.45, 2.75) is 25.7 Å². The van der Waals surface area contributed by atoms with Gasteiger partial charge in [-0.2, -0.15) is 0 Å². The van der Waals surface area contributed by atoms with Crippen molar-refractivity contribution in [1.29, 1.82) is 0 Å². The van der Waals surface area contributed by atoms with E-state index < -0.39 is 15.8 Å². The molecular formula is C21H24FN3O4S. The third kappa shape index (κ3) is 5.35. The fourth-order valence-electron chi connectivity index (χ4n) is 3.40. The maximum Gasteiger partial charge on any atom is 0.232 e. The van der Waals surface area contributed by atoms with Gasteiger partial charge in [-0.1, -0.05) is 18.2 Å². The lowest BCUT2D eigenvalue weighted by molar-refractivity contribution is -0.117. The highest BCUT2D eigenvalue weighted by Gasteiger charge is 2.22. The molecule has 0 unspecified atom stereocenters. The number of carbonyl (C=O) groups is 2. The molecule has 1 saturated heterocycles. The van der Waals surface area contributed by atoms with Gasteiger partial charge in [0.05, 0.1) is 11.9 Å². The Morgan fingerprint density at radius 2 is 1.97 bits per heavy atom. The lowest BCUT2D eigenvalue weighted by Gasteiger charge is -2.22. The van der Waals surface area contributed by atoms with Gasteiger partial charge in [-0.3, -0.25) is 13.9 Å². The van der Waals surface area contributed by atoms with E-state index in [2.05, 4.69) is 5.32 Å².